The predicted molar refractivity (Wildman–Crippen MR) is 75.3 cm³/mol. The SMILES string of the molecule is FC(F)(F)c1ccc(NCCCNC2=NCCCN2)nc1. The summed E-state index contributed by atoms with van der Waals surface area (Å²) in [5.74, 6) is 1.25. The molecule has 3 N–H and O–H groups in total. The van der Waals surface area contributed by atoms with Crippen LogP contribution in [0.15, 0.2) is 23.3 Å². The zero-order chi connectivity index (χ0) is 15.1. The lowest BCUT2D eigenvalue weighted by molar-refractivity contribution is -0.137. The second-order valence-corrected chi connectivity index (χ2v) is 4.65. The Balaban J connectivity index is 1.65. The van der Waals surface area contributed by atoms with Gasteiger partial charge in [0.05, 0.1) is 5.56 Å². The monoisotopic (exact) mass is 301 g/mol. The van der Waals surface area contributed by atoms with E-state index in [1.54, 1.807) is 0 Å². The zero-order valence-electron chi connectivity index (χ0n) is 11.5. The lowest BCUT2D eigenvalue weighted by Gasteiger charge is -2.16. The first-order valence-electron chi connectivity index (χ1n) is 6.85. The Bertz CT molecular complexity index is 470. The van der Waals surface area contributed by atoms with Gasteiger partial charge in [-0.1, -0.05) is 0 Å². The average molecular weight is 301 g/mol. The third kappa shape index (κ3) is 5.13. The van der Waals surface area contributed by atoms with Crippen LogP contribution in [0.3, 0.4) is 0 Å². The number of alkyl halides is 3. The molecule has 1 aromatic rings. The van der Waals surface area contributed by atoms with Gasteiger partial charge in [0.1, 0.15) is 5.82 Å². The molecule has 0 aromatic carbocycles. The molecule has 1 aromatic heterocycles. The van der Waals surface area contributed by atoms with E-state index in [9.17, 15) is 13.2 Å². The third-order valence-electron chi connectivity index (χ3n) is 2.94. The molecule has 0 aliphatic carbocycles. The van der Waals surface area contributed by atoms with Crippen molar-refractivity contribution in [2.75, 3.05) is 31.5 Å². The van der Waals surface area contributed by atoms with E-state index in [1.807, 2.05) is 0 Å². The fourth-order valence-electron chi connectivity index (χ4n) is 1.83. The van der Waals surface area contributed by atoms with Gasteiger partial charge < -0.3 is 16.0 Å². The summed E-state index contributed by atoms with van der Waals surface area (Å²) < 4.78 is 37.1. The topological polar surface area (TPSA) is 61.3 Å². The Morgan fingerprint density at radius 2 is 2.00 bits per heavy atom. The number of anilines is 1. The molecule has 5 nitrogen and oxygen atoms in total. The van der Waals surface area contributed by atoms with Crippen LogP contribution in [-0.2, 0) is 6.18 Å². The van der Waals surface area contributed by atoms with Gasteiger partial charge in [-0.15, -0.1) is 0 Å². The normalized spacial score (nSPS) is 15.1. The first-order chi connectivity index (χ1) is 10.1. The van der Waals surface area contributed by atoms with Crippen LogP contribution < -0.4 is 16.0 Å². The lowest BCUT2D eigenvalue weighted by Crippen LogP contribution is -2.41. The molecule has 0 saturated heterocycles. The predicted octanol–water partition coefficient (Wildman–Crippen LogP) is 1.84. The first kappa shape index (κ1) is 15.4. The van der Waals surface area contributed by atoms with Crippen LogP contribution in [0.5, 0.6) is 0 Å². The number of nitrogens with zero attached hydrogens (tertiary/aromatic N) is 2. The molecule has 8 heteroatoms. The minimum Gasteiger partial charge on any atom is -0.370 e. The van der Waals surface area contributed by atoms with E-state index in [2.05, 4.69) is 25.9 Å². The van der Waals surface area contributed by atoms with E-state index in [4.69, 9.17) is 0 Å². The molecular formula is C13H18F3N5. The van der Waals surface area contributed by atoms with Crippen molar-refractivity contribution >= 4 is 11.8 Å². The van der Waals surface area contributed by atoms with Crippen LogP contribution in [0, 0.1) is 0 Å². The smallest absolute Gasteiger partial charge is 0.370 e. The average Bonchev–Trinajstić information content (AvgIpc) is 2.47. The molecule has 116 valence electrons. The summed E-state index contributed by atoms with van der Waals surface area (Å²) in [6, 6.07) is 2.36. The molecule has 2 heterocycles. The highest BCUT2D eigenvalue weighted by molar-refractivity contribution is 5.80. The third-order valence-corrected chi connectivity index (χ3v) is 2.94. The fourth-order valence-corrected chi connectivity index (χ4v) is 1.83. The molecule has 0 atom stereocenters. The van der Waals surface area contributed by atoms with Gasteiger partial charge in [-0.2, -0.15) is 13.2 Å². The quantitative estimate of drug-likeness (QED) is 0.726. The summed E-state index contributed by atoms with van der Waals surface area (Å²) >= 11 is 0. The van der Waals surface area contributed by atoms with E-state index in [1.165, 1.54) is 6.07 Å². The summed E-state index contributed by atoms with van der Waals surface area (Å²) in [5, 5.41) is 9.30. The van der Waals surface area contributed by atoms with Crippen LogP contribution in [0.1, 0.15) is 18.4 Å². The summed E-state index contributed by atoms with van der Waals surface area (Å²) in [6.07, 6.45) is -1.65. The van der Waals surface area contributed by atoms with Crippen LogP contribution in [0.4, 0.5) is 19.0 Å². The largest absolute Gasteiger partial charge is 0.417 e. The Labute approximate surface area is 121 Å². The van der Waals surface area contributed by atoms with Gasteiger partial charge in [0.25, 0.3) is 0 Å². The molecule has 21 heavy (non-hydrogen) atoms. The van der Waals surface area contributed by atoms with Gasteiger partial charge in [-0.25, -0.2) is 4.98 Å². The van der Waals surface area contributed by atoms with Crippen LogP contribution >= 0.6 is 0 Å². The van der Waals surface area contributed by atoms with E-state index in [0.717, 1.165) is 50.7 Å². The van der Waals surface area contributed by atoms with Crippen molar-refractivity contribution < 1.29 is 13.2 Å². The fraction of sp³-hybridized carbons (Fsp3) is 0.538. The number of aliphatic imine (C=N–C) groups is 1. The van der Waals surface area contributed by atoms with Crippen molar-refractivity contribution in [1.82, 2.24) is 15.6 Å². The van der Waals surface area contributed by atoms with Gasteiger partial charge in [0.15, 0.2) is 5.96 Å². The first-order valence-corrected chi connectivity index (χ1v) is 6.85. The van der Waals surface area contributed by atoms with Crippen LogP contribution in [0.2, 0.25) is 0 Å². The van der Waals surface area contributed by atoms with Gasteiger partial charge in [-0.3, -0.25) is 4.99 Å². The highest BCUT2D eigenvalue weighted by Gasteiger charge is 2.30. The van der Waals surface area contributed by atoms with Crippen molar-refractivity contribution in [3.8, 4) is 0 Å². The number of hydrogen-bond acceptors (Lipinski definition) is 5. The molecular weight excluding hydrogens is 283 g/mol. The van der Waals surface area contributed by atoms with Gasteiger partial charge in [0.2, 0.25) is 0 Å². The lowest BCUT2D eigenvalue weighted by atomic mass is 10.3. The second kappa shape index (κ2) is 7.14. The molecule has 1 aliphatic rings. The number of nitrogens with one attached hydrogen (secondary N) is 3. The van der Waals surface area contributed by atoms with Gasteiger partial charge in [-0.05, 0) is 25.0 Å². The van der Waals surface area contributed by atoms with Gasteiger partial charge >= 0.3 is 6.18 Å². The number of rotatable bonds is 5. The minimum absolute atomic E-state index is 0.441. The molecule has 1 aliphatic heterocycles. The van der Waals surface area contributed by atoms with Crippen molar-refractivity contribution in [2.45, 2.75) is 19.0 Å². The molecule has 0 bridgehead atoms. The van der Waals surface area contributed by atoms with E-state index in [0.29, 0.717) is 12.4 Å². The second-order valence-electron chi connectivity index (χ2n) is 4.65. The van der Waals surface area contributed by atoms with Crippen molar-refractivity contribution in [3.05, 3.63) is 23.9 Å². The van der Waals surface area contributed by atoms with Gasteiger partial charge in [0, 0.05) is 32.4 Å². The van der Waals surface area contributed by atoms with E-state index in [-0.39, 0.29) is 0 Å². The standard InChI is InChI=1S/C13H18F3N5/c14-13(15,16)10-3-4-11(21-9-10)17-5-1-6-18-12-19-7-2-8-20-12/h3-4,9H,1-2,5-8H2,(H,17,21)(H2,18,19,20). The molecule has 0 radical (unpaired) electrons. The molecule has 2 rings (SSSR count). The van der Waals surface area contributed by atoms with E-state index >= 15 is 0 Å². The zero-order valence-corrected chi connectivity index (χ0v) is 11.5. The van der Waals surface area contributed by atoms with Crippen molar-refractivity contribution in [1.29, 1.82) is 0 Å². The number of halogens is 3. The Morgan fingerprint density at radius 1 is 1.19 bits per heavy atom. The summed E-state index contributed by atoms with van der Waals surface area (Å²) in [7, 11) is 0. The molecule has 0 spiro atoms. The molecule has 0 amide bonds. The molecule has 0 fully saturated rings. The number of guanidine groups is 1. The maximum atomic E-state index is 12.4. The van der Waals surface area contributed by atoms with Crippen LogP contribution in [0.25, 0.3) is 0 Å². The number of pyridine rings is 1. The molecule has 0 saturated carbocycles. The maximum absolute atomic E-state index is 12.4. The maximum Gasteiger partial charge on any atom is 0.417 e. The summed E-state index contributed by atoms with van der Waals surface area (Å²) in [4.78, 5) is 8.02. The Kier molecular flexibility index (Phi) is 5.24. The Hall–Kier alpha value is -1.99. The van der Waals surface area contributed by atoms with Crippen molar-refractivity contribution in [3.63, 3.8) is 0 Å². The minimum atomic E-state index is -4.34. The highest BCUT2D eigenvalue weighted by Crippen LogP contribution is 2.28. The number of aromatic nitrogens is 1. The van der Waals surface area contributed by atoms with E-state index < -0.39 is 11.7 Å². The summed E-state index contributed by atoms with van der Waals surface area (Å²) in [6.45, 7) is 3.13. The highest BCUT2D eigenvalue weighted by atomic mass is 19.4. The Morgan fingerprint density at radius 3 is 2.62 bits per heavy atom. The summed E-state index contributed by atoms with van der Waals surface area (Å²) in [5.41, 5.74) is -0.740. The number of hydrogen-bond donors (Lipinski definition) is 3. The van der Waals surface area contributed by atoms with Crippen molar-refractivity contribution in [2.24, 2.45) is 4.99 Å². The molecule has 0 unspecified atom stereocenters. The van der Waals surface area contributed by atoms with Crippen LogP contribution in [-0.4, -0.2) is 37.1 Å².